The van der Waals surface area contributed by atoms with E-state index in [2.05, 4.69) is 25.7 Å². The van der Waals surface area contributed by atoms with E-state index in [9.17, 15) is 4.39 Å². The molecule has 144 valence electrons. The fourth-order valence-electron chi connectivity index (χ4n) is 2.82. The maximum Gasteiger partial charge on any atom is 0.211 e. The molecule has 3 heterocycles. The minimum atomic E-state index is -0.353. The average molecular weight is 418 g/mol. The molecular formula is C18H17ClFN7S. The summed E-state index contributed by atoms with van der Waals surface area (Å²) in [6, 6.07) is 8.35. The van der Waals surface area contributed by atoms with Crippen molar-refractivity contribution < 1.29 is 4.39 Å². The topological polar surface area (TPSA) is 73.5 Å². The number of aromatic nitrogens is 6. The number of hydrogen-bond donors (Lipinski definition) is 1. The molecule has 0 aliphatic rings. The highest BCUT2D eigenvalue weighted by molar-refractivity contribution is 7.15. The van der Waals surface area contributed by atoms with Gasteiger partial charge in [-0.2, -0.15) is 10.2 Å². The third-order valence-corrected chi connectivity index (χ3v) is 5.65. The van der Waals surface area contributed by atoms with Gasteiger partial charge in [0.2, 0.25) is 5.13 Å². The standard InChI is InChI=1S/C18H17ClFN7S/c1-11-6-8-21-27(11)12(2)17-23-24-18(28-17)22-16-7-9-26(25-16)10-13-14(19)4-3-5-15(13)20/h3-9,12H,10H2,1-2H3,(H,22,24,25)/t12-/m0/s1. The SMILES string of the molecule is Cc1ccnn1[C@@H](C)c1nnc(Nc2ccn(Cc3c(F)cccc3Cl)n2)s1. The Morgan fingerprint density at radius 2 is 2.11 bits per heavy atom. The van der Waals surface area contributed by atoms with Crippen molar-refractivity contribution in [1.82, 2.24) is 29.8 Å². The Balaban J connectivity index is 1.46. The van der Waals surface area contributed by atoms with Crippen molar-refractivity contribution in [2.24, 2.45) is 0 Å². The zero-order valence-corrected chi connectivity index (χ0v) is 16.7. The average Bonchev–Trinajstić information content (AvgIpc) is 3.40. The van der Waals surface area contributed by atoms with E-state index in [1.54, 1.807) is 35.3 Å². The predicted molar refractivity (Wildman–Crippen MR) is 107 cm³/mol. The van der Waals surface area contributed by atoms with Crippen LogP contribution >= 0.6 is 22.9 Å². The lowest BCUT2D eigenvalue weighted by Gasteiger charge is -2.10. The lowest BCUT2D eigenvalue weighted by molar-refractivity contribution is 0.543. The van der Waals surface area contributed by atoms with E-state index in [0.717, 1.165) is 10.7 Å². The molecule has 0 amide bonds. The van der Waals surface area contributed by atoms with E-state index in [1.807, 2.05) is 24.6 Å². The molecule has 0 saturated carbocycles. The van der Waals surface area contributed by atoms with Gasteiger partial charge in [0.25, 0.3) is 0 Å². The van der Waals surface area contributed by atoms with Gasteiger partial charge in [-0.25, -0.2) is 4.39 Å². The number of nitrogens with zero attached hydrogens (tertiary/aromatic N) is 6. The largest absolute Gasteiger partial charge is 0.313 e. The summed E-state index contributed by atoms with van der Waals surface area (Å²) in [5.74, 6) is 0.243. The van der Waals surface area contributed by atoms with Gasteiger partial charge in [0.15, 0.2) is 5.82 Å². The third-order valence-electron chi connectivity index (χ3n) is 4.29. The first kappa shape index (κ1) is 18.6. The minimum Gasteiger partial charge on any atom is -0.313 e. The van der Waals surface area contributed by atoms with E-state index >= 15 is 0 Å². The molecule has 0 radical (unpaired) electrons. The fraction of sp³-hybridized carbons (Fsp3) is 0.222. The second-order valence-electron chi connectivity index (χ2n) is 6.26. The molecule has 1 aromatic carbocycles. The molecule has 1 N–H and O–H groups in total. The van der Waals surface area contributed by atoms with E-state index in [-0.39, 0.29) is 18.4 Å². The van der Waals surface area contributed by atoms with Crippen LogP contribution in [0.4, 0.5) is 15.3 Å². The van der Waals surface area contributed by atoms with Gasteiger partial charge in [-0.1, -0.05) is 29.0 Å². The van der Waals surface area contributed by atoms with Crippen LogP contribution in [0.15, 0.2) is 42.7 Å². The summed E-state index contributed by atoms with van der Waals surface area (Å²) in [6.07, 6.45) is 3.52. The Kier molecular flexibility index (Phi) is 5.10. The maximum absolute atomic E-state index is 13.9. The van der Waals surface area contributed by atoms with Gasteiger partial charge in [-0.15, -0.1) is 10.2 Å². The second-order valence-corrected chi connectivity index (χ2v) is 7.68. The monoisotopic (exact) mass is 417 g/mol. The van der Waals surface area contributed by atoms with E-state index in [4.69, 9.17) is 11.6 Å². The van der Waals surface area contributed by atoms with Crippen molar-refractivity contribution >= 4 is 33.9 Å². The third kappa shape index (κ3) is 3.76. The van der Waals surface area contributed by atoms with Crippen molar-refractivity contribution in [1.29, 1.82) is 0 Å². The molecule has 3 aromatic heterocycles. The van der Waals surface area contributed by atoms with E-state index < -0.39 is 0 Å². The van der Waals surface area contributed by atoms with Crippen LogP contribution in [0.1, 0.15) is 29.2 Å². The number of hydrogen-bond acceptors (Lipinski definition) is 6. The quantitative estimate of drug-likeness (QED) is 0.502. The molecule has 0 aliphatic heterocycles. The summed E-state index contributed by atoms with van der Waals surface area (Å²) in [5, 5.41) is 22.1. The van der Waals surface area contributed by atoms with Crippen molar-refractivity contribution in [2.45, 2.75) is 26.4 Å². The number of benzene rings is 1. The zero-order chi connectivity index (χ0) is 19.7. The van der Waals surface area contributed by atoms with Gasteiger partial charge in [0.05, 0.1) is 6.54 Å². The van der Waals surface area contributed by atoms with Crippen molar-refractivity contribution in [3.63, 3.8) is 0 Å². The maximum atomic E-state index is 13.9. The number of aryl methyl sites for hydroxylation is 1. The van der Waals surface area contributed by atoms with Crippen molar-refractivity contribution in [2.75, 3.05) is 5.32 Å². The van der Waals surface area contributed by atoms with E-state index in [1.165, 1.54) is 17.4 Å². The molecule has 28 heavy (non-hydrogen) atoms. The summed E-state index contributed by atoms with van der Waals surface area (Å²) in [5.41, 5.74) is 1.46. The van der Waals surface area contributed by atoms with Gasteiger partial charge in [0, 0.05) is 34.7 Å². The first-order chi connectivity index (χ1) is 13.5. The number of rotatable bonds is 6. The molecular weight excluding hydrogens is 401 g/mol. The Morgan fingerprint density at radius 3 is 2.86 bits per heavy atom. The predicted octanol–water partition coefficient (Wildman–Crippen LogP) is 4.43. The van der Waals surface area contributed by atoms with Gasteiger partial charge >= 0.3 is 0 Å². The lowest BCUT2D eigenvalue weighted by atomic mass is 10.2. The Morgan fingerprint density at radius 1 is 1.25 bits per heavy atom. The lowest BCUT2D eigenvalue weighted by Crippen LogP contribution is -2.09. The van der Waals surface area contributed by atoms with Crippen molar-refractivity contribution in [3.8, 4) is 0 Å². The molecule has 10 heteroatoms. The van der Waals surface area contributed by atoms with Crippen LogP contribution in [0.25, 0.3) is 0 Å². The molecule has 7 nitrogen and oxygen atoms in total. The van der Waals surface area contributed by atoms with Crippen LogP contribution in [-0.2, 0) is 6.54 Å². The van der Waals surface area contributed by atoms with Crippen LogP contribution in [0.5, 0.6) is 0 Å². The molecule has 0 unspecified atom stereocenters. The van der Waals surface area contributed by atoms with Crippen LogP contribution in [0, 0.1) is 12.7 Å². The summed E-state index contributed by atoms with van der Waals surface area (Å²) in [7, 11) is 0. The van der Waals surface area contributed by atoms with Crippen LogP contribution in [-0.4, -0.2) is 29.8 Å². The van der Waals surface area contributed by atoms with Gasteiger partial charge < -0.3 is 5.32 Å². The van der Waals surface area contributed by atoms with E-state index in [0.29, 0.717) is 21.5 Å². The highest BCUT2D eigenvalue weighted by Gasteiger charge is 2.16. The number of anilines is 2. The summed E-state index contributed by atoms with van der Waals surface area (Å²) < 4.78 is 17.5. The zero-order valence-electron chi connectivity index (χ0n) is 15.2. The fourth-order valence-corrected chi connectivity index (χ4v) is 3.83. The molecule has 0 fully saturated rings. The highest BCUT2D eigenvalue weighted by Crippen LogP contribution is 2.27. The molecule has 0 spiro atoms. The second kappa shape index (κ2) is 7.69. The molecule has 0 saturated heterocycles. The molecule has 1 atom stereocenters. The van der Waals surface area contributed by atoms with Crippen molar-refractivity contribution in [3.05, 3.63) is 69.8 Å². The van der Waals surface area contributed by atoms with Crippen LogP contribution in [0.2, 0.25) is 5.02 Å². The smallest absolute Gasteiger partial charge is 0.211 e. The summed E-state index contributed by atoms with van der Waals surface area (Å²) in [4.78, 5) is 0. The highest BCUT2D eigenvalue weighted by atomic mass is 35.5. The molecule has 0 bridgehead atoms. The van der Waals surface area contributed by atoms with Crippen LogP contribution in [0.3, 0.4) is 0 Å². The number of nitrogens with one attached hydrogen (secondary N) is 1. The summed E-state index contributed by atoms with van der Waals surface area (Å²) in [6.45, 7) is 4.26. The summed E-state index contributed by atoms with van der Waals surface area (Å²) >= 11 is 7.52. The Hall–Kier alpha value is -2.78. The Labute approximate surface area is 169 Å². The molecule has 4 aromatic rings. The molecule has 4 rings (SSSR count). The first-order valence-electron chi connectivity index (χ1n) is 8.58. The molecule has 0 aliphatic carbocycles. The Bertz CT molecular complexity index is 1080. The number of halogens is 2. The van der Waals surface area contributed by atoms with Gasteiger partial charge in [0.1, 0.15) is 16.9 Å². The minimum absolute atomic E-state index is 0.0104. The van der Waals surface area contributed by atoms with Gasteiger partial charge in [-0.05, 0) is 32.0 Å². The first-order valence-corrected chi connectivity index (χ1v) is 9.77. The van der Waals surface area contributed by atoms with Crippen LogP contribution < -0.4 is 5.32 Å². The van der Waals surface area contributed by atoms with Gasteiger partial charge in [-0.3, -0.25) is 9.36 Å². The normalized spacial score (nSPS) is 12.3.